The molecule has 0 spiro atoms. The van der Waals surface area contributed by atoms with Crippen molar-refractivity contribution < 1.29 is 13.6 Å². The number of hydrogen-bond acceptors (Lipinski definition) is 4. The summed E-state index contributed by atoms with van der Waals surface area (Å²) in [5, 5.41) is 3.94. The molecule has 0 saturated carbocycles. The van der Waals surface area contributed by atoms with Crippen LogP contribution in [-0.2, 0) is 4.79 Å². The molecule has 0 saturated heterocycles. The molecule has 0 aliphatic carbocycles. The number of oxazole rings is 1. The van der Waals surface area contributed by atoms with Crippen molar-refractivity contribution in [3.8, 4) is 22.8 Å². The van der Waals surface area contributed by atoms with E-state index in [9.17, 15) is 4.79 Å². The second-order valence-electron chi connectivity index (χ2n) is 7.65. The Morgan fingerprint density at radius 1 is 0.941 bits per heavy atom. The van der Waals surface area contributed by atoms with Crippen LogP contribution in [0.2, 0.25) is 10.0 Å². The molecule has 1 N–H and O–H groups in total. The van der Waals surface area contributed by atoms with Gasteiger partial charge in [0.1, 0.15) is 17.0 Å². The van der Waals surface area contributed by atoms with E-state index in [0.29, 0.717) is 38.7 Å². The van der Waals surface area contributed by atoms with Crippen LogP contribution in [0.4, 0.5) is 5.69 Å². The van der Waals surface area contributed by atoms with Gasteiger partial charge in [-0.1, -0.05) is 41.4 Å². The van der Waals surface area contributed by atoms with Gasteiger partial charge >= 0.3 is 0 Å². The summed E-state index contributed by atoms with van der Waals surface area (Å²) >= 11 is 12.1. The number of para-hydroxylation sites is 2. The summed E-state index contributed by atoms with van der Waals surface area (Å²) in [6.45, 7) is 1.92. The fourth-order valence-electron chi connectivity index (χ4n) is 3.62. The molecular weight excluding hydrogens is 471 g/mol. The third kappa shape index (κ3) is 4.62. The molecule has 5 rings (SSSR count). The maximum Gasteiger partial charge on any atom is 0.248 e. The van der Waals surface area contributed by atoms with Crippen LogP contribution in [0.5, 0.6) is 0 Å². The quantitative estimate of drug-likeness (QED) is 0.254. The highest BCUT2D eigenvalue weighted by atomic mass is 35.5. The minimum absolute atomic E-state index is 0.290. The summed E-state index contributed by atoms with van der Waals surface area (Å²) in [5.41, 5.74) is 4.60. The molecule has 0 aliphatic rings. The second kappa shape index (κ2) is 9.21. The monoisotopic (exact) mass is 488 g/mol. The third-order valence-electron chi connectivity index (χ3n) is 5.29. The molecule has 34 heavy (non-hydrogen) atoms. The average molecular weight is 489 g/mol. The number of amides is 1. The first-order valence-corrected chi connectivity index (χ1v) is 11.2. The number of hydrogen-bond donors (Lipinski definition) is 1. The maximum absolute atomic E-state index is 12.6. The first kappa shape index (κ1) is 22.0. The zero-order valence-corrected chi connectivity index (χ0v) is 19.5. The topological polar surface area (TPSA) is 68.3 Å². The van der Waals surface area contributed by atoms with E-state index >= 15 is 0 Å². The molecule has 5 aromatic rings. The summed E-state index contributed by atoms with van der Waals surface area (Å²) in [7, 11) is 0. The zero-order chi connectivity index (χ0) is 23.7. The molecule has 1 amide bonds. The minimum Gasteiger partial charge on any atom is -0.457 e. The van der Waals surface area contributed by atoms with Crippen LogP contribution >= 0.6 is 23.2 Å². The summed E-state index contributed by atoms with van der Waals surface area (Å²) in [6.07, 6.45) is 3.02. The van der Waals surface area contributed by atoms with Gasteiger partial charge in [-0.05, 0) is 73.2 Å². The molecule has 0 aliphatic heterocycles. The van der Waals surface area contributed by atoms with Crippen LogP contribution in [-0.4, -0.2) is 10.9 Å². The Morgan fingerprint density at radius 2 is 1.74 bits per heavy atom. The smallest absolute Gasteiger partial charge is 0.248 e. The van der Waals surface area contributed by atoms with Gasteiger partial charge in [0.2, 0.25) is 11.8 Å². The van der Waals surface area contributed by atoms with Crippen LogP contribution in [0.3, 0.4) is 0 Å². The molecule has 0 radical (unpaired) electrons. The highest BCUT2D eigenvalue weighted by Crippen LogP contribution is 2.31. The second-order valence-corrected chi connectivity index (χ2v) is 8.52. The highest BCUT2D eigenvalue weighted by Gasteiger charge is 2.13. The Balaban J connectivity index is 1.32. The average Bonchev–Trinajstić information content (AvgIpc) is 3.45. The van der Waals surface area contributed by atoms with Gasteiger partial charge in [0, 0.05) is 32.9 Å². The molecule has 2 aromatic heterocycles. The number of benzene rings is 3. The van der Waals surface area contributed by atoms with Crippen molar-refractivity contribution in [2.45, 2.75) is 6.92 Å². The molecule has 2 heterocycles. The van der Waals surface area contributed by atoms with Crippen LogP contribution < -0.4 is 5.32 Å². The minimum atomic E-state index is -0.290. The molecule has 0 bridgehead atoms. The Hall–Kier alpha value is -3.80. The molecule has 5 nitrogen and oxygen atoms in total. The molecule has 0 atom stereocenters. The van der Waals surface area contributed by atoms with E-state index in [1.54, 1.807) is 36.4 Å². The Kier molecular flexibility index (Phi) is 5.97. The highest BCUT2D eigenvalue weighted by molar-refractivity contribution is 6.35. The number of nitrogens with one attached hydrogen (secondary N) is 1. The van der Waals surface area contributed by atoms with Crippen LogP contribution in [0, 0.1) is 6.92 Å². The van der Waals surface area contributed by atoms with E-state index < -0.39 is 0 Å². The van der Waals surface area contributed by atoms with Gasteiger partial charge in [0.25, 0.3) is 0 Å². The van der Waals surface area contributed by atoms with Gasteiger partial charge in [-0.25, -0.2) is 4.98 Å². The van der Waals surface area contributed by atoms with E-state index in [4.69, 9.17) is 32.0 Å². The van der Waals surface area contributed by atoms with Crippen LogP contribution in [0.15, 0.2) is 87.7 Å². The fraction of sp³-hybridized carbons (Fsp3) is 0.0370. The normalized spacial score (nSPS) is 11.4. The van der Waals surface area contributed by atoms with Crippen molar-refractivity contribution >= 4 is 52.0 Å². The first-order valence-electron chi connectivity index (χ1n) is 10.5. The number of halogens is 2. The molecular formula is C27H18Cl2N2O3. The summed E-state index contributed by atoms with van der Waals surface area (Å²) in [6, 6.07) is 21.9. The van der Waals surface area contributed by atoms with Gasteiger partial charge < -0.3 is 14.2 Å². The van der Waals surface area contributed by atoms with Crippen molar-refractivity contribution in [2.24, 2.45) is 0 Å². The largest absolute Gasteiger partial charge is 0.457 e. The van der Waals surface area contributed by atoms with E-state index in [1.165, 1.54) is 6.08 Å². The maximum atomic E-state index is 12.6. The van der Waals surface area contributed by atoms with Gasteiger partial charge in [-0.15, -0.1) is 0 Å². The van der Waals surface area contributed by atoms with Gasteiger partial charge in [0.05, 0.1) is 0 Å². The van der Waals surface area contributed by atoms with Gasteiger partial charge in [-0.2, -0.15) is 0 Å². The lowest BCUT2D eigenvalue weighted by molar-refractivity contribution is -0.111. The lowest BCUT2D eigenvalue weighted by atomic mass is 10.1. The number of anilines is 1. The van der Waals surface area contributed by atoms with Gasteiger partial charge in [0.15, 0.2) is 5.58 Å². The van der Waals surface area contributed by atoms with E-state index in [-0.39, 0.29) is 5.91 Å². The van der Waals surface area contributed by atoms with Crippen LogP contribution in [0.1, 0.15) is 11.3 Å². The van der Waals surface area contributed by atoms with Crippen LogP contribution in [0.25, 0.3) is 40.0 Å². The summed E-state index contributed by atoms with van der Waals surface area (Å²) in [5.74, 6) is 1.35. The summed E-state index contributed by atoms with van der Waals surface area (Å²) in [4.78, 5) is 17.1. The summed E-state index contributed by atoms with van der Waals surface area (Å²) < 4.78 is 11.7. The van der Waals surface area contributed by atoms with Crippen molar-refractivity contribution in [1.29, 1.82) is 0 Å². The predicted molar refractivity (Wildman–Crippen MR) is 136 cm³/mol. The third-order valence-corrected chi connectivity index (χ3v) is 5.73. The SMILES string of the molecule is Cc1c(NC(=O)/C=C/c2ccc(-c3cc(Cl)cc(Cl)c3)o2)cccc1-c1nc2ccccc2o1. The zero-order valence-electron chi connectivity index (χ0n) is 18.0. The standard InChI is InChI=1S/C27H18Cl2N2O3/c1-16-21(27-31-23-6-2-3-8-25(23)34-27)5-4-7-22(16)30-26(32)12-10-20-9-11-24(33-20)17-13-18(28)15-19(29)14-17/h2-15H,1H3,(H,30,32)/b12-10+. The number of fused-ring (bicyclic) bond motifs is 1. The molecule has 3 aromatic carbocycles. The predicted octanol–water partition coefficient (Wildman–Crippen LogP) is 8.02. The molecule has 168 valence electrons. The number of rotatable bonds is 5. The Bertz CT molecular complexity index is 1500. The fourth-order valence-corrected chi connectivity index (χ4v) is 4.14. The van der Waals surface area contributed by atoms with E-state index in [1.807, 2.05) is 49.4 Å². The van der Waals surface area contributed by atoms with E-state index in [2.05, 4.69) is 10.3 Å². The van der Waals surface area contributed by atoms with Crippen molar-refractivity contribution in [3.05, 3.63) is 100 Å². The lowest BCUT2D eigenvalue weighted by Gasteiger charge is -2.09. The molecule has 0 fully saturated rings. The number of aromatic nitrogens is 1. The first-order chi connectivity index (χ1) is 16.5. The number of furan rings is 1. The Morgan fingerprint density at radius 3 is 2.53 bits per heavy atom. The molecule has 7 heteroatoms. The van der Waals surface area contributed by atoms with Gasteiger partial charge in [-0.3, -0.25) is 4.79 Å². The number of carbonyl (C=O) groups excluding carboxylic acids is 1. The molecule has 0 unspecified atom stereocenters. The van der Waals surface area contributed by atoms with E-state index in [0.717, 1.165) is 22.2 Å². The lowest BCUT2D eigenvalue weighted by Crippen LogP contribution is -2.09. The van der Waals surface area contributed by atoms with Crippen molar-refractivity contribution in [3.63, 3.8) is 0 Å². The number of nitrogens with zero attached hydrogens (tertiary/aromatic N) is 1. The van der Waals surface area contributed by atoms with Crippen molar-refractivity contribution in [2.75, 3.05) is 5.32 Å². The number of carbonyl (C=O) groups is 1. The van der Waals surface area contributed by atoms with Crippen molar-refractivity contribution in [1.82, 2.24) is 4.98 Å². The Labute approximate surface area is 205 Å².